The lowest BCUT2D eigenvalue weighted by molar-refractivity contribution is -0.141. The van der Waals surface area contributed by atoms with Crippen LogP contribution in [0.25, 0.3) is 0 Å². The van der Waals surface area contributed by atoms with Crippen molar-refractivity contribution >= 4 is 27.5 Å². The molecule has 3 rings (SSSR count). The Morgan fingerprint density at radius 3 is 2.32 bits per heavy atom. The van der Waals surface area contributed by atoms with Gasteiger partial charge in [0.1, 0.15) is 11.9 Å². The Morgan fingerprint density at radius 2 is 1.73 bits per heavy atom. The monoisotopic (exact) mass is 531 g/mol. The van der Waals surface area contributed by atoms with Gasteiger partial charge in [-0.1, -0.05) is 50.1 Å². The summed E-state index contributed by atoms with van der Waals surface area (Å²) in [5, 5.41) is 3.10. The maximum atomic E-state index is 13.5. The molecule has 0 aromatic heterocycles. The van der Waals surface area contributed by atoms with E-state index in [2.05, 4.69) is 5.32 Å². The van der Waals surface area contributed by atoms with Gasteiger partial charge in [-0.25, -0.2) is 12.8 Å². The zero-order valence-electron chi connectivity index (χ0n) is 22.0. The normalized spacial score (nSPS) is 14.8. The standard InChI is InChI=1S/C28H38FN3O4S/c1-4-25(28(34)30-24-11-6-7-12-24)31(20-22-15-17-23(29)18-16-22)27(33)14-9-19-32(37(3,35)36)26-13-8-5-10-21(26)2/h5,8,10,13,15-18,24-25H,4,6-7,9,11-12,14,19-20H2,1-3H3,(H,30,34)/t25-/m1/s1. The third-order valence-electron chi connectivity index (χ3n) is 6.89. The average molecular weight is 532 g/mol. The van der Waals surface area contributed by atoms with E-state index in [-0.39, 0.29) is 43.2 Å². The molecule has 2 aromatic carbocycles. The lowest BCUT2D eigenvalue weighted by Crippen LogP contribution is -2.51. The Labute approximate surface area is 220 Å². The number of para-hydroxylation sites is 1. The quantitative estimate of drug-likeness (QED) is 0.436. The van der Waals surface area contributed by atoms with Crippen LogP contribution in [0.1, 0.15) is 63.0 Å². The second-order valence-corrected chi connectivity index (χ2v) is 11.7. The van der Waals surface area contributed by atoms with Gasteiger partial charge in [0.15, 0.2) is 0 Å². The summed E-state index contributed by atoms with van der Waals surface area (Å²) in [6.45, 7) is 4.03. The van der Waals surface area contributed by atoms with Gasteiger partial charge in [0.25, 0.3) is 0 Å². The van der Waals surface area contributed by atoms with Crippen LogP contribution < -0.4 is 9.62 Å². The van der Waals surface area contributed by atoms with Gasteiger partial charge in [-0.3, -0.25) is 13.9 Å². The van der Waals surface area contributed by atoms with Crippen LogP contribution in [0.4, 0.5) is 10.1 Å². The number of hydrogen-bond donors (Lipinski definition) is 1. The van der Waals surface area contributed by atoms with Crippen LogP contribution in [0, 0.1) is 12.7 Å². The number of anilines is 1. The number of aryl methyl sites for hydroxylation is 1. The van der Waals surface area contributed by atoms with Crippen molar-refractivity contribution in [2.24, 2.45) is 0 Å². The van der Waals surface area contributed by atoms with E-state index in [1.807, 2.05) is 26.0 Å². The van der Waals surface area contributed by atoms with Gasteiger partial charge in [0.2, 0.25) is 21.8 Å². The minimum atomic E-state index is -3.55. The highest BCUT2D eigenvalue weighted by Crippen LogP contribution is 2.23. The lowest BCUT2D eigenvalue weighted by atomic mass is 10.1. The number of amides is 2. The topological polar surface area (TPSA) is 86.8 Å². The molecule has 2 amide bonds. The van der Waals surface area contributed by atoms with Crippen molar-refractivity contribution in [1.29, 1.82) is 0 Å². The van der Waals surface area contributed by atoms with E-state index in [1.54, 1.807) is 29.2 Å². The van der Waals surface area contributed by atoms with E-state index in [4.69, 9.17) is 0 Å². The second kappa shape index (κ2) is 13.0. The van der Waals surface area contributed by atoms with Gasteiger partial charge in [-0.15, -0.1) is 0 Å². The van der Waals surface area contributed by atoms with E-state index >= 15 is 0 Å². The first-order valence-corrected chi connectivity index (χ1v) is 14.8. The first-order chi connectivity index (χ1) is 17.6. The Bertz CT molecular complexity index is 1160. The molecule has 2 aromatic rings. The molecule has 7 nitrogen and oxygen atoms in total. The number of carbonyl (C=O) groups excluding carboxylic acids is 2. The van der Waals surface area contributed by atoms with Gasteiger partial charge in [-0.05, 0) is 61.9 Å². The zero-order chi connectivity index (χ0) is 27.0. The smallest absolute Gasteiger partial charge is 0.243 e. The van der Waals surface area contributed by atoms with Crippen molar-refractivity contribution in [2.45, 2.75) is 77.4 Å². The molecule has 202 valence electrons. The van der Waals surface area contributed by atoms with Crippen LogP contribution in [-0.4, -0.2) is 50.0 Å². The Balaban J connectivity index is 1.76. The summed E-state index contributed by atoms with van der Waals surface area (Å²) in [6.07, 6.45) is 6.00. The summed E-state index contributed by atoms with van der Waals surface area (Å²) < 4.78 is 39.8. The average Bonchev–Trinajstić information content (AvgIpc) is 3.36. The van der Waals surface area contributed by atoms with E-state index in [1.165, 1.54) is 16.4 Å². The summed E-state index contributed by atoms with van der Waals surface area (Å²) in [7, 11) is -3.55. The Morgan fingerprint density at radius 1 is 1.08 bits per heavy atom. The molecule has 37 heavy (non-hydrogen) atoms. The molecule has 1 aliphatic carbocycles. The number of halogens is 1. The molecule has 0 aliphatic heterocycles. The van der Waals surface area contributed by atoms with Crippen molar-refractivity contribution < 1.29 is 22.4 Å². The van der Waals surface area contributed by atoms with Crippen molar-refractivity contribution in [1.82, 2.24) is 10.2 Å². The van der Waals surface area contributed by atoms with Gasteiger partial charge in [-0.2, -0.15) is 0 Å². The predicted octanol–water partition coefficient (Wildman–Crippen LogP) is 4.55. The van der Waals surface area contributed by atoms with Crippen molar-refractivity contribution in [3.05, 3.63) is 65.5 Å². The SMILES string of the molecule is CC[C@H](C(=O)NC1CCCC1)N(Cc1ccc(F)cc1)C(=O)CCCN(c1ccccc1C)S(C)(=O)=O. The van der Waals surface area contributed by atoms with Gasteiger partial charge >= 0.3 is 0 Å². The second-order valence-electron chi connectivity index (χ2n) is 9.79. The molecule has 0 radical (unpaired) electrons. The lowest BCUT2D eigenvalue weighted by Gasteiger charge is -2.32. The van der Waals surface area contributed by atoms with Crippen LogP contribution in [0.2, 0.25) is 0 Å². The van der Waals surface area contributed by atoms with E-state index in [0.29, 0.717) is 18.5 Å². The zero-order valence-corrected chi connectivity index (χ0v) is 22.8. The molecule has 0 unspecified atom stereocenters. The number of nitrogens with zero attached hydrogens (tertiary/aromatic N) is 2. The number of carbonyl (C=O) groups is 2. The molecule has 9 heteroatoms. The minimum absolute atomic E-state index is 0.0757. The molecule has 1 aliphatic rings. The molecule has 0 spiro atoms. The molecule has 1 saturated carbocycles. The van der Waals surface area contributed by atoms with E-state index in [0.717, 1.165) is 43.1 Å². The molecular weight excluding hydrogens is 493 g/mol. The fraction of sp³-hybridized carbons (Fsp3) is 0.500. The van der Waals surface area contributed by atoms with Crippen molar-refractivity contribution in [3.8, 4) is 0 Å². The van der Waals surface area contributed by atoms with Gasteiger partial charge in [0, 0.05) is 25.6 Å². The van der Waals surface area contributed by atoms with Crippen molar-refractivity contribution in [3.63, 3.8) is 0 Å². The van der Waals surface area contributed by atoms with E-state index in [9.17, 15) is 22.4 Å². The van der Waals surface area contributed by atoms with Gasteiger partial charge in [0.05, 0.1) is 11.9 Å². The summed E-state index contributed by atoms with van der Waals surface area (Å²) in [5.41, 5.74) is 2.13. The maximum absolute atomic E-state index is 13.5. The predicted molar refractivity (Wildman–Crippen MR) is 144 cm³/mol. The number of sulfonamides is 1. The van der Waals surface area contributed by atoms with Crippen LogP contribution in [0.15, 0.2) is 48.5 Å². The third kappa shape index (κ3) is 8.02. The molecule has 0 bridgehead atoms. The minimum Gasteiger partial charge on any atom is -0.352 e. The van der Waals surface area contributed by atoms with Crippen LogP contribution >= 0.6 is 0 Å². The fourth-order valence-electron chi connectivity index (χ4n) is 4.90. The third-order valence-corrected chi connectivity index (χ3v) is 8.07. The highest BCUT2D eigenvalue weighted by molar-refractivity contribution is 7.92. The highest BCUT2D eigenvalue weighted by atomic mass is 32.2. The van der Waals surface area contributed by atoms with E-state index < -0.39 is 16.1 Å². The Kier molecular flexibility index (Phi) is 10.1. The van der Waals surface area contributed by atoms with Crippen molar-refractivity contribution in [2.75, 3.05) is 17.1 Å². The number of nitrogens with one attached hydrogen (secondary N) is 1. The number of rotatable bonds is 12. The van der Waals surface area contributed by atoms with Crippen LogP contribution in [-0.2, 0) is 26.2 Å². The molecular formula is C28H38FN3O4S. The van der Waals surface area contributed by atoms with Gasteiger partial charge < -0.3 is 10.2 Å². The maximum Gasteiger partial charge on any atom is 0.243 e. The number of hydrogen-bond acceptors (Lipinski definition) is 4. The Hall–Kier alpha value is -2.94. The number of benzene rings is 2. The largest absolute Gasteiger partial charge is 0.352 e. The highest BCUT2D eigenvalue weighted by Gasteiger charge is 2.30. The van der Waals surface area contributed by atoms with Crippen LogP contribution in [0.5, 0.6) is 0 Å². The first kappa shape index (κ1) is 28.6. The summed E-state index contributed by atoms with van der Waals surface area (Å²) in [4.78, 5) is 28.3. The fourth-order valence-corrected chi connectivity index (χ4v) is 5.92. The summed E-state index contributed by atoms with van der Waals surface area (Å²) in [6, 6.07) is 12.6. The first-order valence-electron chi connectivity index (χ1n) is 13.0. The molecule has 1 N–H and O–H groups in total. The summed E-state index contributed by atoms with van der Waals surface area (Å²) >= 11 is 0. The summed E-state index contributed by atoms with van der Waals surface area (Å²) in [5.74, 6) is -0.789. The molecule has 0 heterocycles. The molecule has 0 saturated heterocycles. The molecule has 1 atom stereocenters. The molecule has 1 fully saturated rings. The van der Waals surface area contributed by atoms with Crippen LogP contribution in [0.3, 0.4) is 0 Å².